The molecule has 0 unspecified atom stereocenters. The van der Waals surface area contributed by atoms with Gasteiger partial charge in [-0.05, 0) is 38.7 Å². The van der Waals surface area contributed by atoms with Crippen LogP contribution in [0.15, 0.2) is 6.08 Å². The maximum Gasteiger partial charge on any atom is 0.247 e. The van der Waals surface area contributed by atoms with Gasteiger partial charge < -0.3 is 4.90 Å². The number of halogens is 1. The van der Waals surface area contributed by atoms with Crippen LogP contribution in [0.5, 0.6) is 0 Å². The van der Waals surface area contributed by atoms with E-state index in [9.17, 15) is 4.79 Å². The van der Waals surface area contributed by atoms with E-state index >= 15 is 0 Å². The highest BCUT2D eigenvalue weighted by Crippen LogP contribution is 2.34. The van der Waals surface area contributed by atoms with Gasteiger partial charge in [0.05, 0.1) is 5.69 Å². The zero-order chi connectivity index (χ0) is 15.0. The molecule has 1 aromatic heterocycles. The lowest BCUT2D eigenvalue weighted by Crippen LogP contribution is -2.39. The SMILES string of the molecule is Cc1nn(C)c(Cl)c1/C=C/C(=O)N(C1CCCC1)C1CC1. The normalized spacial score (nSPS) is 19.6. The van der Waals surface area contributed by atoms with Crippen LogP contribution in [0.2, 0.25) is 5.15 Å². The number of aromatic nitrogens is 2. The fraction of sp³-hybridized carbons (Fsp3) is 0.625. The number of nitrogens with zero attached hydrogens (tertiary/aromatic N) is 3. The molecule has 0 saturated heterocycles. The first-order valence-electron chi connectivity index (χ1n) is 7.77. The zero-order valence-electron chi connectivity index (χ0n) is 12.7. The van der Waals surface area contributed by atoms with Crippen molar-refractivity contribution in [2.24, 2.45) is 7.05 Å². The fourth-order valence-electron chi connectivity index (χ4n) is 3.27. The fourth-order valence-corrected chi connectivity index (χ4v) is 3.51. The first kappa shape index (κ1) is 14.6. The van der Waals surface area contributed by atoms with Crippen molar-refractivity contribution in [3.8, 4) is 0 Å². The van der Waals surface area contributed by atoms with Crippen LogP contribution in [0.25, 0.3) is 6.08 Å². The lowest BCUT2D eigenvalue weighted by molar-refractivity contribution is -0.128. The summed E-state index contributed by atoms with van der Waals surface area (Å²) in [5.74, 6) is 0.128. The third-order valence-corrected chi connectivity index (χ3v) is 4.95. The van der Waals surface area contributed by atoms with Crippen LogP contribution in [0, 0.1) is 6.92 Å². The number of hydrogen-bond acceptors (Lipinski definition) is 2. The van der Waals surface area contributed by atoms with Gasteiger partial charge in [0.15, 0.2) is 0 Å². The quantitative estimate of drug-likeness (QED) is 0.800. The average Bonchev–Trinajstić information content (AvgIpc) is 3.06. The molecule has 5 heteroatoms. The van der Waals surface area contributed by atoms with Gasteiger partial charge in [0, 0.05) is 30.8 Å². The van der Waals surface area contributed by atoms with Gasteiger partial charge in [-0.3, -0.25) is 9.48 Å². The van der Waals surface area contributed by atoms with Crippen LogP contribution in [-0.4, -0.2) is 32.7 Å². The maximum atomic E-state index is 12.6. The van der Waals surface area contributed by atoms with Crippen molar-refractivity contribution >= 4 is 23.6 Å². The number of aryl methyl sites for hydroxylation is 2. The van der Waals surface area contributed by atoms with Crippen LogP contribution in [0.4, 0.5) is 0 Å². The summed E-state index contributed by atoms with van der Waals surface area (Å²) in [5.41, 5.74) is 1.69. The second kappa shape index (κ2) is 5.84. The first-order valence-corrected chi connectivity index (χ1v) is 8.15. The van der Waals surface area contributed by atoms with Crippen molar-refractivity contribution in [3.63, 3.8) is 0 Å². The topological polar surface area (TPSA) is 38.1 Å². The standard InChI is InChI=1S/C16H22ClN3O/c1-11-14(16(17)19(2)18-11)9-10-15(21)20(13-7-8-13)12-5-3-4-6-12/h9-10,12-13H,3-8H2,1-2H3/b10-9+. The summed E-state index contributed by atoms with van der Waals surface area (Å²) in [6, 6.07) is 0.913. The smallest absolute Gasteiger partial charge is 0.247 e. The summed E-state index contributed by atoms with van der Waals surface area (Å²) in [5, 5.41) is 4.85. The Morgan fingerprint density at radius 1 is 1.29 bits per heavy atom. The second-order valence-corrected chi connectivity index (χ2v) is 6.52. The van der Waals surface area contributed by atoms with Gasteiger partial charge in [-0.15, -0.1) is 0 Å². The third-order valence-electron chi connectivity index (χ3n) is 4.50. The van der Waals surface area contributed by atoms with Gasteiger partial charge in [-0.2, -0.15) is 5.10 Å². The molecular weight excluding hydrogens is 286 g/mol. The summed E-state index contributed by atoms with van der Waals surface area (Å²) >= 11 is 6.20. The molecule has 0 bridgehead atoms. The van der Waals surface area contributed by atoms with Gasteiger partial charge >= 0.3 is 0 Å². The van der Waals surface area contributed by atoms with E-state index in [4.69, 9.17) is 11.6 Å². The van der Waals surface area contributed by atoms with Crippen LogP contribution >= 0.6 is 11.6 Å². The lowest BCUT2D eigenvalue weighted by atomic mass is 10.2. The van der Waals surface area contributed by atoms with E-state index in [0.717, 1.165) is 36.9 Å². The largest absolute Gasteiger partial charge is 0.333 e. The molecule has 0 aromatic carbocycles. The van der Waals surface area contributed by atoms with Crippen LogP contribution in [-0.2, 0) is 11.8 Å². The van der Waals surface area contributed by atoms with Crippen LogP contribution < -0.4 is 0 Å². The summed E-state index contributed by atoms with van der Waals surface area (Å²) in [6.07, 6.45) is 10.6. The van der Waals surface area contributed by atoms with Gasteiger partial charge in [0.1, 0.15) is 5.15 Å². The Labute approximate surface area is 130 Å². The van der Waals surface area contributed by atoms with E-state index in [1.54, 1.807) is 10.8 Å². The summed E-state index contributed by atoms with van der Waals surface area (Å²) in [4.78, 5) is 14.7. The Morgan fingerprint density at radius 3 is 2.43 bits per heavy atom. The highest BCUT2D eigenvalue weighted by Gasteiger charge is 2.37. The zero-order valence-corrected chi connectivity index (χ0v) is 13.4. The van der Waals surface area contributed by atoms with Gasteiger partial charge in [-0.1, -0.05) is 24.4 Å². The number of carbonyl (C=O) groups excluding carboxylic acids is 1. The molecule has 1 amide bonds. The molecule has 114 valence electrons. The van der Waals surface area contributed by atoms with Crippen molar-refractivity contribution in [3.05, 3.63) is 22.5 Å². The number of carbonyl (C=O) groups is 1. The second-order valence-electron chi connectivity index (χ2n) is 6.16. The van der Waals surface area contributed by atoms with Crippen molar-refractivity contribution in [1.29, 1.82) is 0 Å². The molecule has 0 aliphatic heterocycles. The molecule has 1 heterocycles. The molecule has 0 radical (unpaired) electrons. The molecular formula is C16H22ClN3O. The van der Waals surface area contributed by atoms with E-state index in [2.05, 4.69) is 10.00 Å². The molecule has 2 fully saturated rings. The molecule has 0 spiro atoms. The van der Waals surface area contributed by atoms with Crippen LogP contribution in [0.3, 0.4) is 0 Å². The molecule has 1 aromatic rings. The minimum atomic E-state index is 0.128. The first-order chi connectivity index (χ1) is 10.1. The number of rotatable bonds is 4. The molecule has 3 rings (SSSR count). The van der Waals surface area contributed by atoms with E-state index < -0.39 is 0 Å². The van der Waals surface area contributed by atoms with Gasteiger partial charge in [0.2, 0.25) is 5.91 Å². The maximum absolute atomic E-state index is 12.6. The number of hydrogen-bond donors (Lipinski definition) is 0. The molecule has 2 aliphatic rings. The van der Waals surface area contributed by atoms with Crippen molar-refractivity contribution in [2.75, 3.05) is 0 Å². The van der Waals surface area contributed by atoms with Crippen LogP contribution in [0.1, 0.15) is 49.8 Å². The predicted octanol–water partition coefficient (Wildman–Crippen LogP) is 3.33. The predicted molar refractivity (Wildman–Crippen MR) is 84.1 cm³/mol. The molecule has 4 nitrogen and oxygen atoms in total. The van der Waals surface area contributed by atoms with E-state index in [0.29, 0.717) is 17.2 Å². The minimum absolute atomic E-state index is 0.128. The molecule has 21 heavy (non-hydrogen) atoms. The lowest BCUT2D eigenvalue weighted by Gasteiger charge is -2.27. The molecule has 0 N–H and O–H groups in total. The summed E-state index contributed by atoms with van der Waals surface area (Å²) in [6.45, 7) is 1.91. The average molecular weight is 308 g/mol. The van der Waals surface area contributed by atoms with E-state index in [1.165, 1.54) is 12.8 Å². The third kappa shape index (κ3) is 3.00. The highest BCUT2D eigenvalue weighted by molar-refractivity contribution is 6.31. The highest BCUT2D eigenvalue weighted by atomic mass is 35.5. The summed E-state index contributed by atoms with van der Waals surface area (Å²) < 4.78 is 1.64. The molecule has 0 atom stereocenters. The monoisotopic (exact) mass is 307 g/mol. The van der Waals surface area contributed by atoms with E-state index in [-0.39, 0.29) is 5.91 Å². The van der Waals surface area contributed by atoms with Gasteiger partial charge in [-0.25, -0.2) is 0 Å². The molecule has 2 saturated carbocycles. The van der Waals surface area contributed by atoms with Gasteiger partial charge in [0.25, 0.3) is 0 Å². The van der Waals surface area contributed by atoms with Crippen molar-refractivity contribution < 1.29 is 4.79 Å². The van der Waals surface area contributed by atoms with Crippen molar-refractivity contribution in [1.82, 2.24) is 14.7 Å². The van der Waals surface area contributed by atoms with Crippen molar-refractivity contribution in [2.45, 2.75) is 57.5 Å². The Morgan fingerprint density at radius 2 is 1.90 bits per heavy atom. The summed E-state index contributed by atoms with van der Waals surface area (Å²) in [7, 11) is 1.81. The minimum Gasteiger partial charge on any atom is -0.333 e. The Balaban J connectivity index is 1.76. The number of amides is 1. The van der Waals surface area contributed by atoms with E-state index in [1.807, 2.05) is 20.0 Å². The Hall–Kier alpha value is -1.29. The Kier molecular flexibility index (Phi) is 4.07. The Bertz CT molecular complexity index is 568. The molecule has 2 aliphatic carbocycles.